The SMILES string of the molecule is CCC(Oc1ccccc1)C(=O)N[C@@H]1C(=O)N2[C@@H]1SC(C)(C)[C@@H]2C(=O)O.CCC(Oc1ccccc1)C(=O)N[C@@H]1C(=O)N2[C@@H]1SC(C)(C)[C@@H]2C(=O)O.CCC(Oc1ccccc1)C(=O)N[C@@H]1C(=O)N2[C@@H]1SC(C)(C)[C@@H]2C(=O)O.NCCC[C@H](N)CC(=O)N[C@H]1CNC(=O)[C@H]([C@H]2C[C@H](O)NC(N)=N2)NC(=O)/C(=C/NC(N)=O)NC(=O)[C@H](CO)NC(=O)[C@H](CO)NC1=O. The lowest BCUT2D eigenvalue weighted by Gasteiger charge is -2.43. The molecule has 0 aliphatic carbocycles. The number of aliphatic hydroxyl groups is 3. The smallest absolute Gasteiger partial charge is 0.327 e. The number of carbonyl (C=O) groups excluding carboxylic acids is 13. The highest BCUT2D eigenvalue weighted by atomic mass is 32.2. The molecule has 8 aliphatic heterocycles. The van der Waals surface area contributed by atoms with Crippen LogP contribution in [0.15, 0.2) is 108 Å². The van der Waals surface area contributed by atoms with Crippen molar-refractivity contribution in [3.05, 3.63) is 103 Å². The number of β-lactam (4-membered cyclic amide) rings is 3. The molecule has 0 aromatic heterocycles. The quantitative estimate of drug-likeness (QED) is 0.0241. The fourth-order valence-corrected chi connectivity index (χ4v) is 19.5. The van der Waals surface area contributed by atoms with Crippen molar-refractivity contribution in [3.8, 4) is 17.2 Å². The van der Waals surface area contributed by atoms with Crippen LogP contribution in [0.2, 0.25) is 0 Å². The lowest BCUT2D eigenvalue weighted by Crippen LogP contribution is -2.71. The molecular weight excluding hydrogens is 1710 g/mol. The topological polar surface area (TPSA) is 681 Å². The van der Waals surface area contributed by atoms with Gasteiger partial charge < -0.3 is 141 Å². The number of rotatable bonds is 28. The van der Waals surface area contributed by atoms with Crippen molar-refractivity contribution in [2.24, 2.45) is 27.9 Å². The van der Waals surface area contributed by atoms with Gasteiger partial charge in [-0.05, 0) is 117 Å². The molecule has 8 aliphatic rings. The number of ether oxygens (including phenoxy) is 3. The number of primary amides is 1. The molecule has 3 unspecified atom stereocenters. The maximum Gasteiger partial charge on any atom is 0.327 e. The molecule has 688 valence electrons. The van der Waals surface area contributed by atoms with Crippen LogP contribution in [0.25, 0.3) is 0 Å². The summed E-state index contributed by atoms with van der Waals surface area (Å²) in [5.74, 6) is -10.2. The highest BCUT2D eigenvalue weighted by Crippen LogP contribution is 2.53. The first kappa shape index (κ1) is 99.7. The van der Waals surface area contributed by atoms with Crippen LogP contribution in [-0.2, 0) is 71.9 Å². The molecule has 3 aromatic carbocycles. The fourth-order valence-electron chi connectivity index (χ4n) is 14.6. The van der Waals surface area contributed by atoms with Crippen LogP contribution in [0.4, 0.5) is 4.79 Å². The number of guanidine groups is 1. The van der Waals surface area contributed by atoms with Gasteiger partial charge in [-0.2, -0.15) is 0 Å². The van der Waals surface area contributed by atoms with Gasteiger partial charge in [0.05, 0.1) is 19.3 Å². The molecule has 25 N–H and O–H groups in total. The van der Waals surface area contributed by atoms with Crippen molar-refractivity contribution in [1.29, 1.82) is 0 Å². The van der Waals surface area contributed by atoms with Crippen molar-refractivity contribution in [1.82, 2.24) is 73.2 Å². The summed E-state index contributed by atoms with van der Waals surface area (Å²) in [6.07, 6.45) is -1.04. The summed E-state index contributed by atoms with van der Waals surface area (Å²) in [6, 6.07) is 12.4. The number of amides is 14. The van der Waals surface area contributed by atoms with Crippen LogP contribution in [0, 0.1) is 0 Å². The molecule has 3 aromatic rings. The van der Waals surface area contributed by atoms with E-state index in [1.54, 1.807) is 77.9 Å². The van der Waals surface area contributed by atoms with E-state index in [0.717, 1.165) is 0 Å². The number of aliphatic carboxylic acids is 3. The second-order valence-electron chi connectivity index (χ2n) is 31.5. The number of nitrogens with two attached hydrogens (primary N) is 4. The lowest BCUT2D eigenvalue weighted by atomic mass is 9.96. The van der Waals surface area contributed by atoms with Gasteiger partial charge in [0.25, 0.3) is 23.6 Å². The van der Waals surface area contributed by atoms with E-state index in [0.29, 0.717) is 62.1 Å². The van der Waals surface area contributed by atoms with E-state index in [-0.39, 0.29) is 70.4 Å². The van der Waals surface area contributed by atoms with Crippen molar-refractivity contribution < 1.29 is 122 Å². The van der Waals surface area contributed by atoms with Crippen LogP contribution in [0.1, 0.15) is 107 Å². The Balaban J connectivity index is 0.000000217. The van der Waals surface area contributed by atoms with Crippen LogP contribution >= 0.6 is 35.3 Å². The minimum Gasteiger partial charge on any atom is -0.481 e. The third-order valence-corrected chi connectivity index (χ3v) is 25.6. The van der Waals surface area contributed by atoms with E-state index in [1.807, 2.05) is 80.7 Å². The predicted octanol–water partition coefficient (Wildman–Crippen LogP) is -4.46. The van der Waals surface area contributed by atoms with Gasteiger partial charge in [-0.1, -0.05) is 75.4 Å². The Hall–Kier alpha value is -11.8. The van der Waals surface area contributed by atoms with Gasteiger partial charge >= 0.3 is 23.9 Å². The first-order valence-electron chi connectivity index (χ1n) is 40.2. The maximum absolute atomic E-state index is 13.6. The zero-order valence-corrected chi connectivity index (χ0v) is 72.7. The molecule has 47 heteroatoms. The third kappa shape index (κ3) is 24.7. The van der Waals surface area contributed by atoms with Crippen LogP contribution in [-0.4, -0.2) is 300 Å². The average molecular weight is 1820 g/mol. The summed E-state index contributed by atoms with van der Waals surface area (Å²) in [4.78, 5) is 208. The van der Waals surface area contributed by atoms with Crippen molar-refractivity contribution in [2.45, 2.75) is 235 Å². The molecule has 11 rings (SSSR count). The number of para-hydroxylation sites is 3. The monoisotopic (exact) mass is 1820 g/mol. The number of nitrogens with zero attached hydrogens (tertiary/aromatic N) is 4. The predicted molar refractivity (Wildman–Crippen MR) is 454 cm³/mol. The molecule has 0 radical (unpaired) electrons. The van der Waals surface area contributed by atoms with Crippen LogP contribution in [0.5, 0.6) is 17.2 Å². The summed E-state index contributed by atoms with van der Waals surface area (Å²) >= 11 is 4.20. The Morgan fingerprint density at radius 3 is 1.29 bits per heavy atom. The number of fused-ring (bicyclic) bond motifs is 3. The molecule has 0 saturated carbocycles. The van der Waals surface area contributed by atoms with Gasteiger partial charge in [-0.25, -0.2) is 24.2 Å². The zero-order chi connectivity index (χ0) is 93.1. The summed E-state index contributed by atoms with van der Waals surface area (Å²) in [7, 11) is 0. The number of thioether (sulfide) groups is 3. The number of benzene rings is 3. The Morgan fingerprint density at radius 1 is 0.563 bits per heavy atom. The van der Waals surface area contributed by atoms with E-state index in [1.165, 1.54) is 50.0 Å². The number of hydrogen-bond donors (Lipinski definition) is 21. The number of nitrogens with one attached hydrogen (secondary N) is 11. The van der Waals surface area contributed by atoms with Crippen molar-refractivity contribution in [3.63, 3.8) is 0 Å². The third-order valence-electron chi connectivity index (χ3n) is 20.9. The van der Waals surface area contributed by atoms with E-state index >= 15 is 0 Å². The highest BCUT2D eigenvalue weighted by molar-refractivity contribution is 8.02. The number of aliphatic hydroxyl groups excluding tert-OH is 3. The summed E-state index contributed by atoms with van der Waals surface area (Å²) < 4.78 is 15.3. The zero-order valence-electron chi connectivity index (χ0n) is 70.2. The molecule has 8 heterocycles. The minimum absolute atomic E-state index is 0.247. The second kappa shape index (κ2) is 43.9. The normalized spacial score (nSPS) is 27.4. The number of carboxylic acid groups (broad SMARTS) is 3. The van der Waals surface area contributed by atoms with Gasteiger partial charge in [0.2, 0.25) is 47.3 Å². The van der Waals surface area contributed by atoms with Gasteiger partial charge in [-0.3, -0.25) is 57.5 Å². The van der Waals surface area contributed by atoms with Gasteiger partial charge in [0.1, 0.15) is 106 Å². The number of urea groups is 1. The molecule has 19 atom stereocenters. The van der Waals surface area contributed by atoms with Crippen molar-refractivity contribution in [2.75, 3.05) is 26.3 Å². The number of carbonyl (C=O) groups is 16. The summed E-state index contributed by atoms with van der Waals surface area (Å²) in [5.41, 5.74) is 21.5. The van der Waals surface area contributed by atoms with Gasteiger partial charge in [0, 0.05) is 45.9 Å². The average Bonchev–Trinajstić information content (AvgIpc) is 1.57. The Labute approximate surface area is 736 Å². The van der Waals surface area contributed by atoms with Crippen LogP contribution in [0.3, 0.4) is 0 Å². The van der Waals surface area contributed by atoms with E-state index < -0.39 is 196 Å². The van der Waals surface area contributed by atoms with E-state index in [2.05, 4.69) is 58.2 Å². The maximum atomic E-state index is 13.6. The first-order chi connectivity index (χ1) is 59.5. The molecule has 7 fully saturated rings. The molecule has 14 amide bonds. The molecule has 0 spiro atoms. The van der Waals surface area contributed by atoms with Gasteiger partial charge in [-0.15, -0.1) is 35.3 Å². The summed E-state index contributed by atoms with van der Waals surface area (Å²) in [5, 5.41) is 83.1. The summed E-state index contributed by atoms with van der Waals surface area (Å²) in [6.45, 7) is 13.9. The van der Waals surface area contributed by atoms with E-state index in [9.17, 15) is 107 Å². The largest absolute Gasteiger partial charge is 0.481 e. The highest BCUT2D eigenvalue weighted by Gasteiger charge is 2.67. The van der Waals surface area contributed by atoms with Crippen molar-refractivity contribution >= 4 is 136 Å². The molecule has 0 bridgehead atoms. The minimum atomic E-state index is -1.78. The first-order valence-corrected chi connectivity index (χ1v) is 42.9. The fraction of sp³-hybridized carbons (Fsp3) is 0.532. The number of carboxylic acids is 3. The Bertz CT molecular complexity index is 4270. The molecule has 44 nitrogen and oxygen atoms in total. The molecular formula is C79H109N19O25S3. The standard InChI is InChI=1S/C25H43N13O10.3C18H22N2O5S/c26-3-1-2-10(27)4-16(41)32-12-6-30-23(47)18(11-5-17(42)37-24(28)36-11)38-20(44)13(7-31-25(29)48)33-21(45)14(8-39)35-22(46)15(9-40)34-19(12)43;3*1-4-11(25-10-8-6-5-7-9-10)14(21)19-12-15(22)20-13(17(23)24)18(2,3)26-16(12)20/h7,10-12,14-15,17-18,39-40,42H,1-6,8-9,26-27H2,(H,30,47)(H,32,41)(H,33,45)(H,34,43)(H,35,46)(H,38,44)(H3,28,36,37)(H3,29,31,48);3*5-9,11-13,16H,4H2,1-3H3,(H,19,21)(H,23,24)/b13-7-;;;/t10-,11+,12-,14-,15-,17-,18-;3*11?,12-,13+,16-/m0111/s1. The van der Waals surface area contributed by atoms with E-state index in [4.69, 9.17) is 37.1 Å². The Morgan fingerprint density at radius 2 is 0.944 bits per heavy atom. The van der Waals surface area contributed by atoms with Crippen LogP contribution < -0.4 is 95.6 Å². The lowest BCUT2D eigenvalue weighted by molar-refractivity contribution is -0.161. The Kier molecular flexibility index (Phi) is 34.7. The molecule has 126 heavy (non-hydrogen) atoms. The van der Waals surface area contributed by atoms with Gasteiger partial charge in [0.15, 0.2) is 24.3 Å². The number of hydrogen-bond acceptors (Lipinski definition) is 30. The number of aliphatic imine (C=N–C) groups is 1. The molecule has 7 saturated heterocycles. The second-order valence-corrected chi connectivity index (χ2v) is 36.8.